The van der Waals surface area contributed by atoms with Crippen molar-refractivity contribution in [2.75, 3.05) is 25.5 Å². The highest BCUT2D eigenvalue weighted by Crippen LogP contribution is 2.23. The maximum atomic E-state index is 13.2. The second-order valence-electron chi connectivity index (χ2n) is 7.23. The first-order chi connectivity index (χ1) is 13.9. The quantitative estimate of drug-likeness (QED) is 0.576. The third-order valence-electron chi connectivity index (χ3n) is 4.70. The third kappa shape index (κ3) is 5.62. The van der Waals surface area contributed by atoms with E-state index < -0.39 is 5.82 Å². The van der Waals surface area contributed by atoms with E-state index in [4.69, 9.17) is 0 Å². The van der Waals surface area contributed by atoms with Gasteiger partial charge in [0.2, 0.25) is 0 Å². The molecule has 0 aliphatic heterocycles. The van der Waals surface area contributed by atoms with Crippen LogP contribution in [0.15, 0.2) is 66.7 Å². The van der Waals surface area contributed by atoms with Gasteiger partial charge in [0.1, 0.15) is 5.82 Å². The number of fused-ring (bicyclic) bond motifs is 1. The van der Waals surface area contributed by atoms with Gasteiger partial charge >= 0.3 is 0 Å². The van der Waals surface area contributed by atoms with Gasteiger partial charge in [-0.1, -0.05) is 48.5 Å². The van der Waals surface area contributed by atoms with E-state index in [9.17, 15) is 14.0 Å². The summed E-state index contributed by atoms with van der Waals surface area (Å²) in [7, 11) is 1.77. The molecule has 5 nitrogen and oxygen atoms in total. The number of likely N-dealkylation sites (N-methyl/N-ethyl adjacent to an activating group) is 1. The van der Waals surface area contributed by atoms with Gasteiger partial charge in [-0.3, -0.25) is 9.59 Å². The molecule has 0 radical (unpaired) electrons. The zero-order chi connectivity index (χ0) is 20.8. The Morgan fingerprint density at radius 3 is 2.45 bits per heavy atom. The summed E-state index contributed by atoms with van der Waals surface area (Å²) >= 11 is 0. The molecule has 0 saturated heterocycles. The topological polar surface area (TPSA) is 62.6 Å². The van der Waals surface area contributed by atoms with Crippen molar-refractivity contribution in [3.63, 3.8) is 0 Å². The van der Waals surface area contributed by atoms with Gasteiger partial charge in [-0.15, -0.1) is 0 Å². The maximum Gasteiger partial charge on any atom is 0.279 e. The van der Waals surface area contributed by atoms with Crippen LogP contribution in [-0.2, 0) is 9.59 Å². The van der Waals surface area contributed by atoms with Gasteiger partial charge < -0.3 is 15.5 Å². The van der Waals surface area contributed by atoms with Crippen LogP contribution in [0.5, 0.6) is 0 Å². The summed E-state index contributed by atoms with van der Waals surface area (Å²) in [5.41, 5.74) is 1.45. The monoisotopic (exact) mass is 394 g/mol. The van der Waals surface area contributed by atoms with Crippen LogP contribution in [0.1, 0.15) is 18.5 Å². The predicted octanol–water partition coefficient (Wildman–Crippen LogP) is 2.31. The highest BCUT2D eigenvalue weighted by Gasteiger charge is 2.17. The second kappa shape index (κ2) is 9.30. The molecule has 0 aliphatic rings. The predicted molar refractivity (Wildman–Crippen MR) is 112 cm³/mol. The number of hydrogen-bond acceptors (Lipinski definition) is 2. The van der Waals surface area contributed by atoms with Crippen LogP contribution < -0.4 is 15.5 Å². The Morgan fingerprint density at radius 2 is 1.66 bits per heavy atom. The number of carbonyl (C=O) groups excluding carboxylic acids is 2. The number of anilines is 1. The van der Waals surface area contributed by atoms with Crippen molar-refractivity contribution in [3.8, 4) is 0 Å². The van der Waals surface area contributed by atoms with Crippen molar-refractivity contribution >= 4 is 28.3 Å². The van der Waals surface area contributed by atoms with Gasteiger partial charge in [0.25, 0.3) is 11.8 Å². The Bertz CT molecular complexity index is 1020. The molecule has 29 heavy (non-hydrogen) atoms. The van der Waals surface area contributed by atoms with Crippen LogP contribution in [0.2, 0.25) is 0 Å². The summed E-state index contributed by atoms with van der Waals surface area (Å²) in [4.78, 5) is 25.3. The number of amides is 2. The van der Waals surface area contributed by atoms with Crippen molar-refractivity contribution in [2.45, 2.75) is 13.0 Å². The van der Waals surface area contributed by atoms with E-state index in [1.807, 2.05) is 49.4 Å². The molecule has 0 saturated carbocycles. The summed E-state index contributed by atoms with van der Waals surface area (Å²) in [5.74, 6) is -0.824. The minimum absolute atomic E-state index is 0.104. The van der Waals surface area contributed by atoms with E-state index in [1.165, 1.54) is 18.2 Å². The van der Waals surface area contributed by atoms with E-state index in [-0.39, 0.29) is 30.9 Å². The van der Waals surface area contributed by atoms with Crippen LogP contribution in [-0.4, -0.2) is 32.0 Å². The molecule has 0 fully saturated rings. The number of quaternary nitrogens is 1. The van der Waals surface area contributed by atoms with E-state index in [0.29, 0.717) is 5.69 Å². The third-order valence-corrected chi connectivity index (χ3v) is 4.70. The molecule has 0 aromatic heterocycles. The van der Waals surface area contributed by atoms with Gasteiger partial charge in [0, 0.05) is 5.69 Å². The SMILES string of the molecule is C[C@H](NC(=O)C[NH+](C)CC(=O)Nc1cccc(F)c1)c1cccc2ccccc12. The van der Waals surface area contributed by atoms with E-state index in [1.54, 1.807) is 13.1 Å². The van der Waals surface area contributed by atoms with Gasteiger partial charge in [0.15, 0.2) is 13.1 Å². The Balaban J connectivity index is 1.53. The van der Waals surface area contributed by atoms with Gasteiger partial charge in [-0.2, -0.15) is 0 Å². The van der Waals surface area contributed by atoms with Gasteiger partial charge in [-0.25, -0.2) is 4.39 Å². The average molecular weight is 394 g/mol. The lowest BCUT2D eigenvalue weighted by molar-refractivity contribution is -0.862. The number of rotatable bonds is 7. The fraction of sp³-hybridized carbons (Fsp3) is 0.217. The normalized spacial score (nSPS) is 12.9. The molecule has 0 spiro atoms. The van der Waals surface area contributed by atoms with Crippen LogP contribution in [0, 0.1) is 5.82 Å². The minimum Gasteiger partial charge on any atom is -0.345 e. The fourth-order valence-corrected chi connectivity index (χ4v) is 3.38. The molecule has 150 valence electrons. The molecule has 3 aromatic carbocycles. The summed E-state index contributed by atoms with van der Waals surface area (Å²) < 4.78 is 13.2. The molecule has 2 atom stereocenters. The van der Waals surface area contributed by atoms with Crippen molar-refractivity contribution in [1.29, 1.82) is 0 Å². The number of carbonyl (C=O) groups is 2. The number of benzene rings is 3. The van der Waals surface area contributed by atoms with E-state index >= 15 is 0 Å². The molecule has 0 heterocycles. The summed E-state index contributed by atoms with van der Waals surface area (Å²) in [5, 5.41) is 7.89. The molecule has 6 heteroatoms. The standard InChI is InChI=1S/C23H24FN3O2/c1-16(20-12-5-8-17-7-3-4-11-21(17)20)25-22(28)14-27(2)15-23(29)26-19-10-6-9-18(24)13-19/h3-13,16H,14-15H2,1-2H3,(H,25,28)(H,26,29)/p+1/t16-/m0/s1. The van der Waals surface area contributed by atoms with E-state index in [0.717, 1.165) is 21.2 Å². The average Bonchev–Trinajstić information content (AvgIpc) is 2.67. The minimum atomic E-state index is -0.412. The fourth-order valence-electron chi connectivity index (χ4n) is 3.38. The molecular weight excluding hydrogens is 369 g/mol. The molecule has 3 N–H and O–H groups in total. The second-order valence-corrected chi connectivity index (χ2v) is 7.23. The zero-order valence-corrected chi connectivity index (χ0v) is 16.5. The molecule has 0 bridgehead atoms. The molecule has 2 amide bonds. The summed E-state index contributed by atoms with van der Waals surface area (Å²) in [6, 6.07) is 19.7. The smallest absolute Gasteiger partial charge is 0.279 e. The first-order valence-electron chi connectivity index (χ1n) is 9.56. The summed E-state index contributed by atoms with van der Waals surface area (Å²) in [6.45, 7) is 2.21. The molecule has 0 aliphatic carbocycles. The lowest BCUT2D eigenvalue weighted by Gasteiger charge is -2.18. The Hall–Kier alpha value is -3.25. The van der Waals surface area contributed by atoms with Crippen molar-refractivity contribution in [1.82, 2.24) is 5.32 Å². The van der Waals surface area contributed by atoms with Crippen molar-refractivity contribution in [2.24, 2.45) is 0 Å². The Morgan fingerprint density at radius 1 is 0.966 bits per heavy atom. The zero-order valence-electron chi connectivity index (χ0n) is 16.5. The molecule has 3 aromatic rings. The first-order valence-corrected chi connectivity index (χ1v) is 9.56. The van der Waals surface area contributed by atoms with Crippen LogP contribution in [0.4, 0.5) is 10.1 Å². The lowest BCUT2D eigenvalue weighted by atomic mass is 10.00. The van der Waals surface area contributed by atoms with Crippen LogP contribution in [0.25, 0.3) is 10.8 Å². The molecular formula is C23H25FN3O2+. The van der Waals surface area contributed by atoms with Gasteiger partial charge in [-0.05, 0) is 41.5 Å². The number of halogens is 1. The molecule has 3 rings (SSSR count). The highest BCUT2D eigenvalue weighted by atomic mass is 19.1. The largest absolute Gasteiger partial charge is 0.345 e. The summed E-state index contributed by atoms with van der Waals surface area (Å²) in [6.07, 6.45) is 0. The van der Waals surface area contributed by atoms with Crippen molar-refractivity contribution < 1.29 is 18.9 Å². The Kier molecular flexibility index (Phi) is 6.57. The Labute approximate surface area is 169 Å². The van der Waals surface area contributed by atoms with Crippen LogP contribution in [0.3, 0.4) is 0 Å². The number of nitrogens with one attached hydrogen (secondary N) is 3. The van der Waals surface area contributed by atoms with E-state index in [2.05, 4.69) is 10.6 Å². The number of hydrogen-bond donors (Lipinski definition) is 3. The van der Waals surface area contributed by atoms with Crippen molar-refractivity contribution in [3.05, 3.63) is 78.1 Å². The first kappa shape index (κ1) is 20.5. The lowest BCUT2D eigenvalue weighted by Crippen LogP contribution is -3.11. The highest BCUT2D eigenvalue weighted by molar-refractivity contribution is 5.91. The molecule has 1 unspecified atom stereocenters. The maximum absolute atomic E-state index is 13.2. The van der Waals surface area contributed by atoms with Gasteiger partial charge in [0.05, 0.1) is 13.1 Å². The van der Waals surface area contributed by atoms with Crippen LogP contribution >= 0.6 is 0 Å².